The number of carbonyl (C=O) groups excluding carboxylic acids is 1. The van der Waals surface area contributed by atoms with Gasteiger partial charge < -0.3 is 18.9 Å². The number of rotatable bonds is 11. The Kier molecular flexibility index (Phi) is 8.51. The Balaban J connectivity index is 2.10. The van der Waals surface area contributed by atoms with E-state index in [0.29, 0.717) is 34.1 Å². The number of methoxy groups -OCH3 is 4. The van der Waals surface area contributed by atoms with Gasteiger partial charge in [0.25, 0.3) is 0 Å². The first-order valence-electron chi connectivity index (χ1n) is 9.14. The summed E-state index contributed by atoms with van der Waals surface area (Å²) in [7, 11) is 2.07. The smallest absolute Gasteiger partial charge is 0.239 e. The molecule has 0 saturated heterocycles. The molecule has 0 spiro atoms. The summed E-state index contributed by atoms with van der Waals surface area (Å²) in [6, 6.07) is 10.4. The lowest BCUT2D eigenvalue weighted by Gasteiger charge is -2.10. The van der Waals surface area contributed by atoms with E-state index in [9.17, 15) is 13.2 Å². The van der Waals surface area contributed by atoms with Crippen molar-refractivity contribution in [1.29, 1.82) is 0 Å². The van der Waals surface area contributed by atoms with Gasteiger partial charge in [-0.3, -0.25) is 9.52 Å². The van der Waals surface area contributed by atoms with Crippen molar-refractivity contribution in [2.24, 2.45) is 0 Å². The molecule has 2 aromatic carbocycles. The predicted molar refractivity (Wildman–Crippen MR) is 119 cm³/mol. The monoisotopic (exact) mass is 447 g/mol. The number of sulfonamides is 1. The third kappa shape index (κ3) is 6.51. The normalized spacial score (nSPS) is 11.5. The first-order valence-corrected chi connectivity index (χ1v) is 10.8. The predicted octanol–water partition coefficient (Wildman–Crippen LogP) is 2.89. The standard InChI is InChI=1S/C22H25NO7S/c1-27-19-7-5-8-20(28-2)17(19)12-11-16(24)15-31(25,26)23-14-13-18-21(29-3)9-6-10-22(18)30-4/h5-14,23H,15H2,1-4H3. The van der Waals surface area contributed by atoms with Crippen LogP contribution in [-0.2, 0) is 14.8 Å². The van der Waals surface area contributed by atoms with Gasteiger partial charge in [-0.25, -0.2) is 8.42 Å². The van der Waals surface area contributed by atoms with Crippen LogP contribution in [0.2, 0.25) is 0 Å². The minimum Gasteiger partial charge on any atom is -0.496 e. The van der Waals surface area contributed by atoms with Gasteiger partial charge in [0.15, 0.2) is 5.78 Å². The summed E-state index contributed by atoms with van der Waals surface area (Å²) in [5.74, 6) is 0.688. The number of allylic oxidation sites excluding steroid dienone is 1. The van der Waals surface area contributed by atoms with E-state index >= 15 is 0 Å². The van der Waals surface area contributed by atoms with E-state index in [1.165, 1.54) is 52.9 Å². The molecule has 0 fully saturated rings. The Morgan fingerprint density at radius 3 is 1.65 bits per heavy atom. The van der Waals surface area contributed by atoms with Crippen molar-refractivity contribution in [1.82, 2.24) is 4.72 Å². The Bertz CT molecular complexity index is 1030. The first-order chi connectivity index (χ1) is 14.8. The number of hydrogen-bond donors (Lipinski definition) is 1. The highest BCUT2D eigenvalue weighted by Gasteiger charge is 2.14. The van der Waals surface area contributed by atoms with Crippen LogP contribution in [0.1, 0.15) is 11.1 Å². The fraction of sp³-hybridized carbons (Fsp3) is 0.227. The number of ketones is 1. The van der Waals surface area contributed by atoms with Crippen LogP contribution in [0.5, 0.6) is 23.0 Å². The van der Waals surface area contributed by atoms with E-state index in [-0.39, 0.29) is 0 Å². The summed E-state index contributed by atoms with van der Waals surface area (Å²) < 4.78 is 47.8. The maximum absolute atomic E-state index is 12.3. The summed E-state index contributed by atoms with van der Waals surface area (Å²) in [6.45, 7) is 0. The molecule has 0 aliphatic rings. The molecule has 0 saturated carbocycles. The molecular formula is C22H25NO7S. The Morgan fingerprint density at radius 1 is 0.806 bits per heavy atom. The van der Waals surface area contributed by atoms with E-state index in [1.807, 2.05) is 0 Å². The Hall–Kier alpha value is -3.46. The molecule has 2 aromatic rings. The van der Waals surface area contributed by atoms with Crippen LogP contribution in [0.25, 0.3) is 12.2 Å². The van der Waals surface area contributed by atoms with Crippen molar-refractivity contribution in [2.45, 2.75) is 0 Å². The molecular weight excluding hydrogens is 422 g/mol. The molecule has 9 heteroatoms. The minimum atomic E-state index is -3.91. The molecule has 0 amide bonds. The maximum Gasteiger partial charge on any atom is 0.239 e. The average molecular weight is 448 g/mol. The Morgan fingerprint density at radius 2 is 1.23 bits per heavy atom. The molecule has 0 aromatic heterocycles. The lowest BCUT2D eigenvalue weighted by atomic mass is 10.1. The fourth-order valence-corrected chi connectivity index (χ4v) is 3.59. The van der Waals surface area contributed by atoms with Crippen LogP contribution < -0.4 is 23.7 Å². The lowest BCUT2D eigenvalue weighted by molar-refractivity contribution is -0.112. The molecule has 0 heterocycles. The largest absolute Gasteiger partial charge is 0.496 e. The van der Waals surface area contributed by atoms with Crippen molar-refractivity contribution in [3.8, 4) is 23.0 Å². The molecule has 2 rings (SSSR count). The molecule has 8 nitrogen and oxygen atoms in total. The average Bonchev–Trinajstić information content (AvgIpc) is 2.76. The lowest BCUT2D eigenvalue weighted by Crippen LogP contribution is -2.25. The third-order valence-electron chi connectivity index (χ3n) is 4.20. The van der Waals surface area contributed by atoms with Crippen molar-refractivity contribution in [3.63, 3.8) is 0 Å². The minimum absolute atomic E-state index is 0.498. The van der Waals surface area contributed by atoms with Gasteiger partial charge in [0.2, 0.25) is 10.0 Å². The van der Waals surface area contributed by atoms with Gasteiger partial charge in [0, 0.05) is 6.20 Å². The number of carbonyl (C=O) groups is 1. The molecule has 31 heavy (non-hydrogen) atoms. The van der Waals surface area contributed by atoms with Crippen molar-refractivity contribution in [2.75, 3.05) is 34.2 Å². The van der Waals surface area contributed by atoms with Crippen LogP contribution in [0.15, 0.2) is 48.7 Å². The number of benzene rings is 2. The fourth-order valence-electron chi connectivity index (χ4n) is 2.76. The molecule has 166 valence electrons. The molecule has 0 unspecified atom stereocenters. The quantitative estimate of drug-likeness (QED) is 0.529. The Labute approximate surface area is 182 Å². The first kappa shape index (κ1) is 23.8. The summed E-state index contributed by atoms with van der Waals surface area (Å²) in [5.41, 5.74) is 1.10. The highest BCUT2D eigenvalue weighted by molar-refractivity contribution is 7.90. The molecule has 0 atom stereocenters. The summed E-state index contributed by atoms with van der Waals surface area (Å²) in [6.07, 6.45) is 5.35. The van der Waals surface area contributed by atoms with Gasteiger partial charge in [0.1, 0.15) is 28.8 Å². The SMILES string of the molecule is COc1cccc(OC)c1C=CNS(=O)(=O)CC(=O)C=Cc1c(OC)cccc1OC. The highest BCUT2D eigenvalue weighted by Crippen LogP contribution is 2.30. The highest BCUT2D eigenvalue weighted by atomic mass is 32.2. The second-order valence-corrected chi connectivity index (χ2v) is 7.92. The summed E-state index contributed by atoms with van der Waals surface area (Å²) in [5, 5.41) is 0. The second-order valence-electron chi connectivity index (χ2n) is 6.16. The molecule has 1 N–H and O–H groups in total. The van der Waals surface area contributed by atoms with Gasteiger partial charge in [-0.15, -0.1) is 0 Å². The van der Waals surface area contributed by atoms with Gasteiger partial charge in [-0.05, 0) is 42.5 Å². The molecule has 0 radical (unpaired) electrons. The van der Waals surface area contributed by atoms with Gasteiger partial charge in [-0.1, -0.05) is 12.1 Å². The van der Waals surface area contributed by atoms with Crippen LogP contribution in [0.4, 0.5) is 0 Å². The van der Waals surface area contributed by atoms with Crippen LogP contribution >= 0.6 is 0 Å². The zero-order valence-electron chi connectivity index (χ0n) is 17.7. The van der Waals surface area contributed by atoms with Crippen molar-refractivity contribution >= 4 is 28.0 Å². The summed E-state index contributed by atoms with van der Waals surface area (Å²) >= 11 is 0. The van der Waals surface area contributed by atoms with Crippen LogP contribution in [0, 0.1) is 0 Å². The number of nitrogens with one attached hydrogen (secondary N) is 1. The number of ether oxygens (including phenoxy) is 4. The zero-order chi connectivity index (χ0) is 22.9. The molecule has 0 aliphatic heterocycles. The van der Waals surface area contributed by atoms with E-state index in [0.717, 1.165) is 0 Å². The van der Waals surface area contributed by atoms with Gasteiger partial charge in [0.05, 0.1) is 39.6 Å². The van der Waals surface area contributed by atoms with E-state index in [4.69, 9.17) is 18.9 Å². The third-order valence-corrected chi connectivity index (χ3v) is 5.36. The van der Waals surface area contributed by atoms with Crippen LogP contribution in [-0.4, -0.2) is 48.4 Å². The van der Waals surface area contributed by atoms with Crippen LogP contribution in [0.3, 0.4) is 0 Å². The van der Waals surface area contributed by atoms with E-state index in [1.54, 1.807) is 36.4 Å². The van der Waals surface area contributed by atoms with E-state index in [2.05, 4.69) is 4.72 Å². The van der Waals surface area contributed by atoms with Gasteiger partial charge in [-0.2, -0.15) is 0 Å². The maximum atomic E-state index is 12.3. The zero-order valence-corrected chi connectivity index (χ0v) is 18.6. The molecule has 0 aliphatic carbocycles. The number of hydrogen-bond acceptors (Lipinski definition) is 7. The van der Waals surface area contributed by atoms with Crippen molar-refractivity contribution < 1.29 is 32.2 Å². The molecule has 0 bridgehead atoms. The van der Waals surface area contributed by atoms with Crippen molar-refractivity contribution in [3.05, 3.63) is 59.8 Å². The topological polar surface area (TPSA) is 100 Å². The van der Waals surface area contributed by atoms with Gasteiger partial charge >= 0.3 is 0 Å². The summed E-state index contributed by atoms with van der Waals surface area (Å²) in [4.78, 5) is 12.2. The second kappa shape index (κ2) is 11.1. The van der Waals surface area contributed by atoms with E-state index < -0.39 is 21.6 Å².